The first-order valence-electron chi connectivity index (χ1n) is 37.7. The molecule has 0 unspecified atom stereocenters. The van der Waals surface area contributed by atoms with Crippen molar-refractivity contribution in [1.29, 1.82) is 0 Å². The van der Waals surface area contributed by atoms with E-state index in [0.29, 0.717) is 0 Å². The van der Waals surface area contributed by atoms with Crippen LogP contribution in [0.5, 0.6) is 0 Å². The van der Waals surface area contributed by atoms with Crippen LogP contribution in [0.25, 0.3) is 44.8 Å². The first-order valence-corrected chi connectivity index (χ1v) is 37.7. The summed E-state index contributed by atoms with van der Waals surface area (Å²) in [5, 5.41) is 0. The van der Waals surface area contributed by atoms with Crippen LogP contribution in [0.2, 0.25) is 0 Å². The number of fused-ring (bicyclic) bond motifs is 8. The Morgan fingerprint density at radius 1 is 0.218 bits per heavy atom. The van der Waals surface area contributed by atoms with Crippen molar-refractivity contribution in [3.63, 3.8) is 0 Å². The van der Waals surface area contributed by atoms with Crippen LogP contribution in [-0.4, -0.2) is 23.4 Å². The molecule has 6 heterocycles. The van der Waals surface area contributed by atoms with Gasteiger partial charge in [-0.25, -0.2) is 0 Å². The molecule has 0 spiro atoms. The molecule has 110 heavy (non-hydrogen) atoms. The molecule has 15 aromatic carbocycles. The molecule has 514 valence electrons. The molecular weight excluding hydrogens is 1330 g/mol. The number of pyridine rings is 2. The minimum Gasteiger partial charge on any atom is -0.311 e. The molecule has 0 saturated heterocycles. The largest absolute Gasteiger partial charge is 0.311 e. The summed E-state index contributed by atoms with van der Waals surface area (Å²) in [5.41, 5.74) is 34.3. The van der Waals surface area contributed by atoms with Gasteiger partial charge in [0.15, 0.2) is 0 Å². The third kappa shape index (κ3) is 10.5. The molecule has 17 aromatic rings. The Hall–Kier alpha value is -14.5. The monoisotopic (exact) mass is 1400 g/mol. The first-order chi connectivity index (χ1) is 54.7. The highest BCUT2D eigenvalue weighted by atomic mass is 15.2. The van der Waals surface area contributed by atoms with E-state index in [2.05, 4.69) is 418 Å². The molecule has 0 fully saturated rings. The average Bonchev–Trinajstić information content (AvgIpc) is 0.679. The van der Waals surface area contributed by atoms with Gasteiger partial charge in [-0.15, -0.1) is 0 Å². The molecule has 10 heteroatoms. The molecule has 0 saturated carbocycles. The number of hydrogen-bond donors (Lipinski definition) is 0. The van der Waals surface area contributed by atoms with Crippen molar-refractivity contribution < 1.29 is 0 Å². The summed E-state index contributed by atoms with van der Waals surface area (Å²) >= 11 is 0. The molecule has 0 bridgehead atoms. The number of benzene rings is 15. The molecule has 0 N–H and O–H groups in total. The molecule has 4 aliphatic heterocycles. The number of hydrogen-bond acceptors (Lipinski definition) is 8. The van der Waals surface area contributed by atoms with Gasteiger partial charge in [-0.1, -0.05) is 261 Å². The maximum Gasteiger partial charge on any atom is 0.252 e. The van der Waals surface area contributed by atoms with Crippen LogP contribution in [0, 0.1) is 0 Å². The molecule has 0 atom stereocenters. The zero-order valence-electron chi connectivity index (χ0n) is 60.0. The average molecular weight is 1400 g/mol. The Balaban J connectivity index is 0.922. The van der Waals surface area contributed by atoms with Crippen LogP contribution >= 0.6 is 0 Å². The highest BCUT2D eigenvalue weighted by Gasteiger charge is 2.50. The Morgan fingerprint density at radius 2 is 0.582 bits per heavy atom. The van der Waals surface area contributed by atoms with Crippen molar-refractivity contribution in [3.05, 3.63) is 413 Å². The van der Waals surface area contributed by atoms with E-state index in [1.165, 1.54) is 32.8 Å². The molecule has 4 aliphatic rings. The fourth-order valence-electron chi connectivity index (χ4n) is 17.7. The van der Waals surface area contributed by atoms with Gasteiger partial charge in [0, 0.05) is 109 Å². The lowest BCUT2D eigenvalue weighted by Gasteiger charge is -2.48. The topological polar surface area (TPSA) is 45.2 Å². The van der Waals surface area contributed by atoms with Gasteiger partial charge in [0.05, 0.1) is 39.8 Å². The highest BCUT2D eigenvalue weighted by Crippen LogP contribution is 2.56. The third-order valence-electron chi connectivity index (χ3n) is 22.2. The van der Waals surface area contributed by atoms with Gasteiger partial charge in [-0.05, 0) is 183 Å². The lowest BCUT2D eigenvalue weighted by atomic mass is 9.30. The molecule has 2 aromatic heterocycles. The van der Waals surface area contributed by atoms with E-state index in [1.807, 2.05) is 24.5 Å². The van der Waals surface area contributed by atoms with Gasteiger partial charge < -0.3 is 29.4 Å². The molecular formula is C100H68B2N8. The fourth-order valence-corrected chi connectivity index (χ4v) is 17.7. The van der Waals surface area contributed by atoms with Gasteiger partial charge >= 0.3 is 0 Å². The second kappa shape index (κ2) is 26.8. The second-order valence-electron chi connectivity index (χ2n) is 28.3. The fraction of sp³-hybridized carbons (Fsp3) is 0. The molecule has 8 nitrogen and oxygen atoms in total. The minimum absolute atomic E-state index is 0.277. The van der Waals surface area contributed by atoms with Crippen LogP contribution in [0.3, 0.4) is 0 Å². The van der Waals surface area contributed by atoms with Gasteiger partial charge in [0.2, 0.25) is 0 Å². The molecule has 0 amide bonds. The smallest absolute Gasteiger partial charge is 0.252 e. The quantitative estimate of drug-likeness (QED) is 0.0998. The van der Waals surface area contributed by atoms with Crippen molar-refractivity contribution in [3.8, 4) is 44.8 Å². The summed E-state index contributed by atoms with van der Waals surface area (Å²) in [4.78, 5) is 25.4. The Kier molecular flexibility index (Phi) is 15.6. The van der Waals surface area contributed by atoms with Gasteiger partial charge in [-0.2, -0.15) is 0 Å². The SMILES string of the molecule is c1ccc(-c2cccc(-c3ccccc3)c2N2c3cc4c(cc3B3c5ccccc5N(c5ccccc5)c5cc(N(c6ccccc6)c6ccccc6)cc2c53)B2c3ccccc3N(c3ccccc3-c3ccccn3)c3cc(N(c5ccccc5)c5ccccc5-c5ccccn5)cc(c32)N4c2ccccc2)cc1. The Morgan fingerprint density at radius 3 is 1.09 bits per heavy atom. The minimum atomic E-state index is -0.298. The molecule has 0 aliphatic carbocycles. The van der Waals surface area contributed by atoms with E-state index in [4.69, 9.17) is 9.97 Å². The highest BCUT2D eigenvalue weighted by molar-refractivity contribution is 7.03. The van der Waals surface area contributed by atoms with E-state index >= 15 is 0 Å². The summed E-state index contributed by atoms with van der Waals surface area (Å²) in [6, 6.07) is 147. The maximum atomic E-state index is 5.10. The lowest BCUT2D eigenvalue weighted by Crippen LogP contribution is -2.65. The summed E-state index contributed by atoms with van der Waals surface area (Å²) in [6.45, 7) is -0.576. The van der Waals surface area contributed by atoms with Crippen molar-refractivity contribution in [1.82, 2.24) is 9.97 Å². The predicted octanol–water partition coefficient (Wildman–Crippen LogP) is 22.2. The normalized spacial score (nSPS) is 12.6. The van der Waals surface area contributed by atoms with Crippen molar-refractivity contribution in [2.75, 3.05) is 29.4 Å². The summed E-state index contributed by atoms with van der Waals surface area (Å²) < 4.78 is 0. The van der Waals surface area contributed by atoms with Crippen LogP contribution in [0.4, 0.5) is 102 Å². The van der Waals surface area contributed by atoms with E-state index in [1.54, 1.807) is 0 Å². The standard InChI is InChI=1S/C100H68B2N8/c1-8-35-69(36-9-1)78-51-34-52-79(70-37-10-2-11-38-70)100(78)110-93-68-92-84(67-85(93)101-82-53-24-28-59-90(82)107(74-45-18-6-19-46-74)94-63-76(64-97(110)99(94)101)105(71-39-12-3-13-40-71)72-41-14-4-15-42-72)102-83-54-25-29-60-91(83)109(89-58-27-23-50-81(89)87-56-31-33-62-104-87)96-66-77(65-95(98(96)102)108(92)75-47-20-7-21-48-75)106(73-43-16-5-17-44-73)88-57-26-22-49-80(88)86-55-30-32-61-103-86/h1-68H. The number of rotatable bonds is 14. The van der Waals surface area contributed by atoms with E-state index < -0.39 is 0 Å². The van der Waals surface area contributed by atoms with Gasteiger partial charge in [-0.3, -0.25) is 9.97 Å². The summed E-state index contributed by atoms with van der Waals surface area (Å²) in [5.74, 6) is 0. The van der Waals surface area contributed by atoms with Gasteiger partial charge in [0.1, 0.15) is 0 Å². The number of anilines is 18. The van der Waals surface area contributed by atoms with Crippen LogP contribution in [0.1, 0.15) is 0 Å². The van der Waals surface area contributed by atoms with Crippen molar-refractivity contribution in [2.45, 2.75) is 0 Å². The zero-order valence-corrected chi connectivity index (χ0v) is 60.0. The van der Waals surface area contributed by atoms with E-state index in [-0.39, 0.29) is 13.4 Å². The number of para-hydroxylation sites is 10. The molecule has 21 rings (SSSR count). The van der Waals surface area contributed by atoms with Crippen molar-refractivity contribution >= 4 is 149 Å². The second-order valence-corrected chi connectivity index (χ2v) is 28.3. The molecule has 0 radical (unpaired) electrons. The van der Waals surface area contributed by atoms with Gasteiger partial charge in [0.25, 0.3) is 13.4 Å². The summed E-state index contributed by atoms with van der Waals surface area (Å²) in [7, 11) is 0. The Bertz CT molecular complexity index is 6230. The van der Waals surface area contributed by atoms with Crippen LogP contribution in [-0.2, 0) is 0 Å². The van der Waals surface area contributed by atoms with E-state index in [0.717, 1.165) is 147 Å². The maximum absolute atomic E-state index is 5.10. The van der Waals surface area contributed by atoms with Crippen LogP contribution < -0.4 is 62.2 Å². The van der Waals surface area contributed by atoms with Crippen LogP contribution in [0.15, 0.2) is 413 Å². The Labute approximate surface area is 641 Å². The van der Waals surface area contributed by atoms with E-state index in [9.17, 15) is 0 Å². The number of nitrogens with zero attached hydrogens (tertiary/aromatic N) is 8. The summed E-state index contributed by atoms with van der Waals surface area (Å²) in [6.07, 6.45) is 3.79. The first kappa shape index (κ1) is 64.0. The van der Waals surface area contributed by atoms with Crippen molar-refractivity contribution in [2.24, 2.45) is 0 Å². The number of aromatic nitrogens is 2. The predicted molar refractivity (Wildman–Crippen MR) is 461 cm³/mol. The lowest BCUT2D eigenvalue weighted by molar-refractivity contribution is 1.21. The zero-order chi connectivity index (χ0) is 72.6. The third-order valence-corrected chi connectivity index (χ3v) is 22.2.